The molecule has 0 aliphatic heterocycles. The molecule has 1 heterocycles. The summed E-state index contributed by atoms with van der Waals surface area (Å²) >= 11 is 6.05. The average molecular weight is 350 g/mol. The van der Waals surface area contributed by atoms with Gasteiger partial charge in [0.2, 0.25) is 0 Å². The van der Waals surface area contributed by atoms with E-state index in [4.69, 9.17) is 16.0 Å². The summed E-state index contributed by atoms with van der Waals surface area (Å²) in [6.07, 6.45) is 1.54. The molecule has 0 amide bonds. The highest BCUT2D eigenvalue weighted by Gasteiger charge is 2.26. The standard InChI is InChI=1S/C18H24ClN3O2/c1-4-20-17(21-12-18(3,23)16-9-6-10-24-16)22-13(2)14-7-5-8-15(19)11-14/h5-11,13,23H,4,12H2,1-3H3,(H2,20,21,22). The second-order valence-corrected chi connectivity index (χ2v) is 6.30. The maximum atomic E-state index is 10.5. The molecule has 130 valence electrons. The molecule has 24 heavy (non-hydrogen) atoms. The van der Waals surface area contributed by atoms with E-state index in [2.05, 4.69) is 15.6 Å². The smallest absolute Gasteiger partial charge is 0.191 e. The molecule has 0 spiro atoms. The number of hydrogen-bond donors (Lipinski definition) is 3. The number of furan rings is 1. The van der Waals surface area contributed by atoms with E-state index in [1.807, 2.05) is 38.1 Å². The normalized spacial score (nSPS) is 15.6. The van der Waals surface area contributed by atoms with Crippen molar-refractivity contribution in [2.75, 3.05) is 13.1 Å². The van der Waals surface area contributed by atoms with Gasteiger partial charge in [-0.1, -0.05) is 23.7 Å². The van der Waals surface area contributed by atoms with Crippen LogP contribution in [0.3, 0.4) is 0 Å². The Hall–Kier alpha value is -1.98. The van der Waals surface area contributed by atoms with E-state index in [9.17, 15) is 5.11 Å². The van der Waals surface area contributed by atoms with Crippen molar-refractivity contribution >= 4 is 17.6 Å². The maximum Gasteiger partial charge on any atom is 0.191 e. The van der Waals surface area contributed by atoms with E-state index in [0.717, 1.165) is 12.1 Å². The highest BCUT2D eigenvalue weighted by atomic mass is 35.5. The Morgan fingerprint density at radius 3 is 2.79 bits per heavy atom. The van der Waals surface area contributed by atoms with Gasteiger partial charge < -0.3 is 20.2 Å². The van der Waals surface area contributed by atoms with Crippen LogP contribution in [0.2, 0.25) is 5.02 Å². The molecule has 0 aliphatic carbocycles. The molecule has 0 fully saturated rings. The zero-order chi connectivity index (χ0) is 17.6. The zero-order valence-corrected chi connectivity index (χ0v) is 15.0. The van der Waals surface area contributed by atoms with Crippen LogP contribution in [0, 0.1) is 0 Å². The molecule has 0 aliphatic rings. The number of hydrogen-bond acceptors (Lipinski definition) is 3. The van der Waals surface area contributed by atoms with Crippen molar-refractivity contribution in [2.45, 2.75) is 32.4 Å². The van der Waals surface area contributed by atoms with Crippen molar-refractivity contribution in [3.8, 4) is 0 Å². The minimum atomic E-state index is -1.16. The predicted octanol–water partition coefficient (Wildman–Crippen LogP) is 3.46. The van der Waals surface area contributed by atoms with Crippen molar-refractivity contribution in [3.63, 3.8) is 0 Å². The number of nitrogens with zero attached hydrogens (tertiary/aromatic N) is 1. The molecule has 3 N–H and O–H groups in total. The monoisotopic (exact) mass is 349 g/mol. The van der Waals surface area contributed by atoms with Crippen LogP contribution in [0.1, 0.15) is 38.1 Å². The van der Waals surface area contributed by atoms with Crippen LogP contribution < -0.4 is 10.6 Å². The lowest BCUT2D eigenvalue weighted by atomic mass is 10.0. The quantitative estimate of drug-likeness (QED) is 0.552. The fraction of sp³-hybridized carbons (Fsp3) is 0.389. The second-order valence-electron chi connectivity index (χ2n) is 5.87. The lowest BCUT2D eigenvalue weighted by Crippen LogP contribution is -2.40. The summed E-state index contributed by atoms with van der Waals surface area (Å²) < 4.78 is 5.28. The van der Waals surface area contributed by atoms with Crippen molar-refractivity contribution in [1.82, 2.24) is 10.6 Å². The van der Waals surface area contributed by atoms with Gasteiger partial charge in [-0.05, 0) is 50.6 Å². The van der Waals surface area contributed by atoms with Gasteiger partial charge in [0.15, 0.2) is 5.96 Å². The van der Waals surface area contributed by atoms with Gasteiger partial charge in [-0.25, -0.2) is 4.99 Å². The van der Waals surface area contributed by atoms with Crippen LogP contribution >= 0.6 is 11.6 Å². The molecule has 0 saturated heterocycles. The third-order valence-corrected chi connectivity index (χ3v) is 3.88. The zero-order valence-electron chi connectivity index (χ0n) is 14.2. The van der Waals surface area contributed by atoms with E-state index in [1.54, 1.807) is 19.1 Å². The Labute approximate surface area is 147 Å². The van der Waals surface area contributed by atoms with Gasteiger partial charge in [-0.15, -0.1) is 0 Å². The Bertz CT molecular complexity index is 669. The third kappa shape index (κ3) is 5.01. The average Bonchev–Trinajstić information content (AvgIpc) is 3.08. The Kier molecular flexibility index (Phi) is 6.29. The molecule has 5 nitrogen and oxygen atoms in total. The predicted molar refractivity (Wildman–Crippen MR) is 97.3 cm³/mol. The highest BCUT2D eigenvalue weighted by molar-refractivity contribution is 6.30. The van der Waals surface area contributed by atoms with Crippen LogP contribution in [0.15, 0.2) is 52.1 Å². The Morgan fingerprint density at radius 1 is 1.38 bits per heavy atom. The third-order valence-electron chi connectivity index (χ3n) is 3.64. The Balaban J connectivity index is 2.08. The molecular weight excluding hydrogens is 326 g/mol. The van der Waals surface area contributed by atoms with Gasteiger partial charge in [0.1, 0.15) is 11.4 Å². The van der Waals surface area contributed by atoms with Gasteiger partial charge in [0.05, 0.1) is 18.8 Å². The summed E-state index contributed by atoms with van der Waals surface area (Å²) in [6.45, 7) is 6.60. The van der Waals surface area contributed by atoms with Crippen LogP contribution in [0.4, 0.5) is 0 Å². The van der Waals surface area contributed by atoms with Crippen molar-refractivity contribution < 1.29 is 9.52 Å². The highest BCUT2D eigenvalue weighted by Crippen LogP contribution is 2.21. The molecule has 1 aromatic carbocycles. The summed E-state index contributed by atoms with van der Waals surface area (Å²) in [5, 5.41) is 17.7. The molecule has 2 unspecified atom stereocenters. The first-order chi connectivity index (χ1) is 11.4. The summed E-state index contributed by atoms with van der Waals surface area (Å²) in [7, 11) is 0. The molecule has 0 radical (unpaired) electrons. The molecule has 1 aromatic heterocycles. The maximum absolute atomic E-state index is 10.5. The van der Waals surface area contributed by atoms with E-state index < -0.39 is 5.60 Å². The number of aliphatic imine (C=N–C) groups is 1. The van der Waals surface area contributed by atoms with E-state index in [1.165, 1.54) is 6.26 Å². The SMILES string of the molecule is CCNC(=NCC(C)(O)c1ccco1)NC(C)c1cccc(Cl)c1. The molecule has 6 heteroatoms. The number of rotatable bonds is 6. The largest absolute Gasteiger partial charge is 0.466 e. The molecule has 2 aromatic rings. The minimum Gasteiger partial charge on any atom is -0.466 e. The van der Waals surface area contributed by atoms with Crippen LogP contribution in [0.25, 0.3) is 0 Å². The van der Waals surface area contributed by atoms with E-state index in [-0.39, 0.29) is 12.6 Å². The number of benzene rings is 1. The van der Waals surface area contributed by atoms with Crippen LogP contribution in [0.5, 0.6) is 0 Å². The second kappa shape index (κ2) is 8.22. The summed E-state index contributed by atoms with van der Waals surface area (Å²) in [5.74, 6) is 1.11. The van der Waals surface area contributed by atoms with Gasteiger partial charge in [0, 0.05) is 11.6 Å². The first kappa shape index (κ1) is 18.4. The Morgan fingerprint density at radius 2 is 2.17 bits per heavy atom. The van der Waals surface area contributed by atoms with Crippen molar-refractivity contribution in [3.05, 3.63) is 59.0 Å². The summed E-state index contributed by atoms with van der Waals surface area (Å²) in [4.78, 5) is 4.48. The van der Waals surface area contributed by atoms with Gasteiger partial charge >= 0.3 is 0 Å². The number of halogens is 1. The first-order valence-corrected chi connectivity index (χ1v) is 8.37. The van der Waals surface area contributed by atoms with Gasteiger partial charge in [-0.3, -0.25) is 0 Å². The molecule has 0 bridgehead atoms. The number of nitrogens with one attached hydrogen (secondary N) is 2. The molecule has 2 rings (SSSR count). The van der Waals surface area contributed by atoms with E-state index >= 15 is 0 Å². The van der Waals surface area contributed by atoms with Crippen LogP contribution in [-0.4, -0.2) is 24.2 Å². The minimum absolute atomic E-state index is 0.0232. The summed E-state index contributed by atoms with van der Waals surface area (Å²) in [5.41, 5.74) is -0.101. The van der Waals surface area contributed by atoms with Gasteiger partial charge in [0.25, 0.3) is 0 Å². The fourth-order valence-corrected chi connectivity index (χ4v) is 2.48. The lowest BCUT2D eigenvalue weighted by Gasteiger charge is -2.21. The molecule has 0 saturated carbocycles. The fourth-order valence-electron chi connectivity index (χ4n) is 2.28. The molecule has 2 atom stereocenters. The van der Waals surface area contributed by atoms with Gasteiger partial charge in [-0.2, -0.15) is 0 Å². The first-order valence-electron chi connectivity index (χ1n) is 7.99. The van der Waals surface area contributed by atoms with Crippen molar-refractivity contribution in [1.29, 1.82) is 0 Å². The van der Waals surface area contributed by atoms with E-state index in [0.29, 0.717) is 16.7 Å². The number of guanidine groups is 1. The van der Waals surface area contributed by atoms with Crippen LogP contribution in [-0.2, 0) is 5.60 Å². The summed E-state index contributed by atoms with van der Waals surface area (Å²) in [6, 6.07) is 11.2. The number of aliphatic hydroxyl groups is 1. The molecular formula is C18H24ClN3O2. The van der Waals surface area contributed by atoms with Crippen molar-refractivity contribution in [2.24, 2.45) is 4.99 Å². The lowest BCUT2D eigenvalue weighted by molar-refractivity contribution is 0.0437. The topological polar surface area (TPSA) is 69.8 Å².